The zero-order valence-electron chi connectivity index (χ0n) is 9.77. The highest BCUT2D eigenvalue weighted by Crippen LogP contribution is 2.27. The highest BCUT2D eigenvalue weighted by molar-refractivity contribution is 4.79. The third-order valence-electron chi connectivity index (χ3n) is 3.05. The van der Waals surface area contributed by atoms with Gasteiger partial charge in [-0.2, -0.15) is 0 Å². The van der Waals surface area contributed by atoms with Gasteiger partial charge in [-0.15, -0.1) is 0 Å². The maximum absolute atomic E-state index is 8.64. The molecule has 0 aromatic heterocycles. The minimum Gasteiger partial charge on any atom is -0.396 e. The molecule has 2 heterocycles. The van der Waals surface area contributed by atoms with E-state index in [4.69, 9.17) is 19.3 Å². The van der Waals surface area contributed by atoms with Crippen LogP contribution >= 0.6 is 0 Å². The molecule has 16 heavy (non-hydrogen) atoms. The van der Waals surface area contributed by atoms with Crippen LogP contribution in [0.25, 0.3) is 0 Å². The van der Waals surface area contributed by atoms with Crippen LogP contribution in [0.4, 0.5) is 0 Å². The third kappa shape index (κ3) is 5.25. The summed E-state index contributed by atoms with van der Waals surface area (Å²) in [5, 5.41) is 8.64. The molecule has 0 aromatic rings. The van der Waals surface area contributed by atoms with Crippen LogP contribution in [0.2, 0.25) is 0 Å². The van der Waals surface area contributed by atoms with Crippen LogP contribution in [0.15, 0.2) is 0 Å². The van der Waals surface area contributed by atoms with Gasteiger partial charge in [0.15, 0.2) is 0 Å². The van der Waals surface area contributed by atoms with E-state index in [-0.39, 0.29) is 6.61 Å². The molecule has 4 heteroatoms. The van der Waals surface area contributed by atoms with Crippen molar-refractivity contribution in [2.75, 3.05) is 33.0 Å². The van der Waals surface area contributed by atoms with Gasteiger partial charge in [0.1, 0.15) is 0 Å². The first-order chi connectivity index (χ1) is 7.88. The Bertz CT molecular complexity index is 175. The van der Waals surface area contributed by atoms with Gasteiger partial charge in [0.05, 0.1) is 25.4 Å². The Labute approximate surface area is 96.9 Å². The van der Waals surface area contributed by atoms with E-state index < -0.39 is 0 Å². The summed E-state index contributed by atoms with van der Waals surface area (Å²) in [6.07, 6.45) is 4.96. The maximum atomic E-state index is 8.64. The van der Waals surface area contributed by atoms with Gasteiger partial charge in [-0.25, -0.2) is 0 Å². The fourth-order valence-corrected chi connectivity index (χ4v) is 1.95. The largest absolute Gasteiger partial charge is 0.396 e. The maximum Gasteiger partial charge on any atom is 0.0813 e. The summed E-state index contributed by atoms with van der Waals surface area (Å²) in [5.41, 5.74) is 0. The number of aliphatic hydroxyl groups is 1. The van der Waals surface area contributed by atoms with Gasteiger partial charge in [-0.3, -0.25) is 0 Å². The lowest BCUT2D eigenvalue weighted by atomic mass is 9.99. The molecule has 2 unspecified atom stereocenters. The number of epoxide rings is 2. The zero-order chi connectivity index (χ0) is 11.2. The smallest absolute Gasteiger partial charge is 0.0813 e. The third-order valence-corrected chi connectivity index (χ3v) is 3.05. The summed E-state index contributed by atoms with van der Waals surface area (Å²) in [6.45, 7) is 3.68. The second-order valence-electron chi connectivity index (χ2n) is 4.75. The van der Waals surface area contributed by atoms with Crippen molar-refractivity contribution in [3.63, 3.8) is 0 Å². The van der Waals surface area contributed by atoms with E-state index in [0.29, 0.717) is 18.1 Å². The van der Waals surface area contributed by atoms with Crippen LogP contribution < -0.4 is 0 Å². The fraction of sp³-hybridized carbons (Fsp3) is 1.00. The van der Waals surface area contributed by atoms with Gasteiger partial charge in [0, 0.05) is 19.8 Å². The topological polar surface area (TPSA) is 54.5 Å². The quantitative estimate of drug-likeness (QED) is 0.449. The fourth-order valence-electron chi connectivity index (χ4n) is 1.95. The monoisotopic (exact) mass is 230 g/mol. The van der Waals surface area contributed by atoms with Crippen LogP contribution in [0.5, 0.6) is 0 Å². The lowest BCUT2D eigenvalue weighted by molar-refractivity contribution is 0.0813. The van der Waals surface area contributed by atoms with Crippen molar-refractivity contribution in [1.82, 2.24) is 0 Å². The van der Waals surface area contributed by atoms with Gasteiger partial charge in [-0.05, 0) is 31.6 Å². The molecule has 94 valence electrons. The summed E-state index contributed by atoms with van der Waals surface area (Å²) in [6, 6.07) is 0. The molecule has 4 nitrogen and oxygen atoms in total. The van der Waals surface area contributed by atoms with Gasteiger partial charge in [0.2, 0.25) is 0 Å². The Kier molecular flexibility index (Phi) is 5.03. The van der Waals surface area contributed by atoms with Gasteiger partial charge in [-0.1, -0.05) is 0 Å². The minimum absolute atomic E-state index is 0.263. The van der Waals surface area contributed by atoms with Gasteiger partial charge >= 0.3 is 0 Å². The zero-order valence-corrected chi connectivity index (χ0v) is 9.77. The van der Waals surface area contributed by atoms with Gasteiger partial charge < -0.3 is 19.3 Å². The van der Waals surface area contributed by atoms with E-state index in [2.05, 4.69) is 0 Å². The Morgan fingerprint density at radius 3 is 2.25 bits per heavy atom. The van der Waals surface area contributed by atoms with Crippen molar-refractivity contribution in [1.29, 1.82) is 0 Å². The summed E-state index contributed by atoms with van der Waals surface area (Å²) < 4.78 is 16.1. The van der Waals surface area contributed by atoms with Crippen LogP contribution in [0.1, 0.15) is 25.7 Å². The Morgan fingerprint density at radius 1 is 1.12 bits per heavy atom. The molecular formula is C12H22O4. The van der Waals surface area contributed by atoms with Crippen LogP contribution in [-0.4, -0.2) is 50.3 Å². The molecule has 2 saturated heterocycles. The predicted molar refractivity (Wildman–Crippen MR) is 59.3 cm³/mol. The molecule has 0 aromatic carbocycles. The van der Waals surface area contributed by atoms with Crippen molar-refractivity contribution < 1.29 is 19.3 Å². The first-order valence-corrected chi connectivity index (χ1v) is 6.30. The summed E-state index contributed by atoms with van der Waals surface area (Å²) in [7, 11) is 0. The minimum atomic E-state index is 0.263. The van der Waals surface area contributed by atoms with E-state index in [0.717, 1.165) is 52.1 Å². The first kappa shape index (κ1) is 12.3. The Morgan fingerprint density at radius 2 is 1.75 bits per heavy atom. The van der Waals surface area contributed by atoms with Crippen LogP contribution in [-0.2, 0) is 14.2 Å². The van der Waals surface area contributed by atoms with E-state index in [1.807, 2.05) is 0 Å². The predicted octanol–water partition coefficient (Wildman–Crippen LogP) is 0.969. The van der Waals surface area contributed by atoms with Crippen molar-refractivity contribution in [3.05, 3.63) is 0 Å². The summed E-state index contributed by atoms with van der Waals surface area (Å²) in [4.78, 5) is 0. The lowest BCUT2D eigenvalue weighted by Crippen LogP contribution is -2.15. The molecule has 2 atom stereocenters. The molecule has 0 aliphatic carbocycles. The molecule has 2 fully saturated rings. The van der Waals surface area contributed by atoms with Crippen molar-refractivity contribution in [2.24, 2.45) is 5.92 Å². The van der Waals surface area contributed by atoms with E-state index in [1.54, 1.807) is 0 Å². The summed E-state index contributed by atoms with van der Waals surface area (Å²) in [5.74, 6) is 0.578. The van der Waals surface area contributed by atoms with E-state index in [1.165, 1.54) is 0 Å². The van der Waals surface area contributed by atoms with E-state index >= 15 is 0 Å². The number of hydrogen-bond acceptors (Lipinski definition) is 4. The Hall–Kier alpha value is -0.160. The Balaban J connectivity index is 1.53. The molecule has 2 rings (SSSR count). The second-order valence-corrected chi connectivity index (χ2v) is 4.75. The van der Waals surface area contributed by atoms with E-state index in [9.17, 15) is 0 Å². The average molecular weight is 230 g/mol. The van der Waals surface area contributed by atoms with Crippen LogP contribution in [0, 0.1) is 5.92 Å². The number of aliphatic hydroxyl groups excluding tert-OH is 1. The molecule has 2 aliphatic heterocycles. The SMILES string of the molecule is OCCCCOCC(CC1CO1)CC1CO1. The van der Waals surface area contributed by atoms with Crippen LogP contribution in [0.3, 0.4) is 0 Å². The molecule has 0 spiro atoms. The number of rotatable bonds is 10. The molecule has 0 bridgehead atoms. The van der Waals surface area contributed by atoms with Crippen molar-refractivity contribution in [2.45, 2.75) is 37.9 Å². The highest BCUT2D eigenvalue weighted by atomic mass is 16.6. The molecule has 0 saturated carbocycles. The normalized spacial score (nSPS) is 29.1. The first-order valence-electron chi connectivity index (χ1n) is 6.30. The molecule has 2 aliphatic rings. The molecule has 0 amide bonds. The molecular weight excluding hydrogens is 208 g/mol. The highest BCUT2D eigenvalue weighted by Gasteiger charge is 2.32. The second kappa shape index (κ2) is 6.55. The standard InChI is InChI=1S/C12H22O4/c13-3-1-2-4-14-7-10(5-11-8-15-11)6-12-9-16-12/h10-13H,1-9H2. The average Bonchev–Trinajstić information content (AvgIpc) is 3.12. The van der Waals surface area contributed by atoms with Crippen molar-refractivity contribution in [3.8, 4) is 0 Å². The molecule has 1 N–H and O–H groups in total. The number of unbranched alkanes of at least 4 members (excludes halogenated alkanes) is 1. The van der Waals surface area contributed by atoms with Gasteiger partial charge in [0.25, 0.3) is 0 Å². The molecule has 0 radical (unpaired) electrons. The lowest BCUT2D eigenvalue weighted by Gasteiger charge is -2.14. The van der Waals surface area contributed by atoms with Crippen molar-refractivity contribution >= 4 is 0 Å². The number of ether oxygens (including phenoxy) is 3. The number of hydrogen-bond donors (Lipinski definition) is 1. The summed E-state index contributed by atoms with van der Waals surface area (Å²) >= 11 is 0.